The van der Waals surface area contributed by atoms with Gasteiger partial charge in [-0.3, -0.25) is 9.59 Å². The molecule has 1 amide bonds. The average Bonchev–Trinajstić information content (AvgIpc) is 3.17. The zero-order chi connectivity index (χ0) is 23.8. The topological polar surface area (TPSA) is 100 Å². The van der Waals surface area contributed by atoms with Gasteiger partial charge in [-0.1, -0.05) is 11.2 Å². The summed E-state index contributed by atoms with van der Waals surface area (Å²) in [7, 11) is 0. The van der Waals surface area contributed by atoms with Crippen LogP contribution >= 0.6 is 0 Å². The van der Waals surface area contributed by atoms with Gasteiger partial charge in [0.25, 0.3) is 5.91 Å². The van der Waals surface area contributed by atoms with E-state index in [9.17, 15) is 9.59 Å². The number of ether oxygens (including phenoxy) is 1. The molecule has 1 saturated heterocycles. The lowest BCUT2D eigenvalue weighted by atomic mass is 9.99. The van der Waals surface area contributed by atoms with Crippen molar-refractivity contribution in [3.05, 3.63) is 75.4 Å². The number of carbonyl (C=O) groups excluding carboxylic acids is 1. The minimum absolute atomic E-state index is 0.145. The molecule has 1 aliphatic rings. The van der Waals surface area contributed by atoms with Crippen LogP contribution in [0.3, 0.4) is 0 Å². The van der Waals surface area contributed by atoms with Gasteiger partial charge in [0.05, 0.1) is 24.5 Å². The Balaban J connectivity index is 1.55. The third-order valence-corrected chi connectivity index (χ3v) is 6.22. The number of hydrogen-bond acceptors (Lipinski definition) is 6. The number of morpholine rings is 1. The van der Waals surface area contributed by atoms with Crippen molar-refractivity contribution in [2.24, 2.45) is 0 Å². The molecule has 0 unspecified atom stereocenters. The number of anilines is 2. The lowest BCUT2D eigenvalue weighted by molar-refractivity contribution is 0.102. The maximum Gasteiger partial charge on any atom is 0.257 e. The molecule has 5 rings (SSSR count). The van der Waals surface area contributed by atoms with E-state index in [1.54, 1.807) is 12.1 Å². The first-order valence-electron chi connectivity index (χ1n) is 11.3. The standard InChI is InChI=1S/C26H26N4O4/c1-15-12-24(31)28-22-6-5-19(14-20(15)22)27-26(32)21-13-18(25-16(2)29-34-17(25)3)4-7-23(21)30-8-10-33-11-9-30/h4-7,12-14H,8-11H2,1-3H3,(H,27,32)(H,28,31). The number of aryl methyl sites for hydroxylation is 3. The van der Waals surface area contributed by atoms with Gasteiger partial charge in [-0.05, 0) is 62.2 Å². The summed E-state index contributed by atoms with van der Waals surface area (Å²) in [5, 5.41) is 7.99. The Labute approximate surface area is 196 Å². The molecule has 34 heavy (non-hydrogen) atoms. The highest BCUT2D eigenvalue weighted by molar-refractivity contribution is 6.09. The quantitative estimate of drug-likeness (QED) is 0.476. The largest absolute Gasteiger partial charge is 0.378 e. The van der Waals surface area contributed by atoms with Crippen molar-refractivity contribution in [1.82, 2.24) is 10.1 Å². The highest BCUT2D eigenvalue weighted by Crippen LogP contribution is 2.32. The summed E-state index contributed by atoms with van der Waals surface area (Å²) in [4.78, 5) is 30.3. The first-order chi connectivity index (χ1) is 16.4. The fourth-order valence-electron chi connectivity index (χ4n) is 4.55. The first-order valence-corrected chi connectivity index (χ1v) is 11.3. The van der Waals surface area contributed by atoms with Crippen LogP contribution in [0.4, 0.5) is 11.4 Å². The van der Waals surface area contributed by atoms with Crippen LogP contribution in [0.2, 0.25) is 0 Å². The first kappa shape index (κ1) is 21.9. The molecule has 4 aromatic rings. The molecule has 1 aliphatic heterocycles. The second-order valence-electron chi connectivity index (χ2n) is 8.56. The summed E-state index contributed by atoms with van der Waals surface area (Å²) in [6.07, 6.45) is 0. The summed E-state index contributed by atoms with van der Waals surface area (Å²) >= 11 is 0. The van der Waals surface area contributed by atoms with Crippen LogP contribution in [0, 0.1) is 20.8 Å². The molecule has 174 valence electrons. The summed E-state index contributed by atoms with van der Waals surface area (Å²) in [6.45, 7) is 8.31. The van der Waals surface area contributed by atoms with Gasteiger partial charge in [-0.2, -0.15) is 0 Å². The summed E-state index contributed by atoms with van der Waals surface area (Å²) in [5.74, 6) is 0.499. The summed E-state index contributed by atoms with van der Waals surface area (Å²) in [5.41, 5.74) is 6.08. The molecule has 0 saturated carbocycles. The van der Waals surface area contributed by atoms with Gasteiger partial charge in [0, 0.05) is 47.0 Å². The van der Waals surface area contributed by atoms with Gasteiger partial charge >= 0.3 is 0 Å². The van der Waals surface area contributed by atoms with Crippen LogP contribution in [-0.4, -0.2) is 42.4 Å². The third kappa shape index (κ3) is 4.08. The van der Waals surface area contributed by atoms with E-state index in [1.807, 2.05) is 51.1 Å². The minimum atomic E-state index is -0.212. The van der Waals surface area contributed by atoms with Gasteiger partial charge in [0.15, 0.2) is 0 Å². The fraction of sp³-hybridized carbons (Fsp3) is 0.269. The summed E-state index contributed by atoms with van der Waals surface area (Å²) < 4.78 is 10.9. The minimum Gasteiger partial charge on any atom is -0.378 e. The molecule has 0 aliphatic carbocycles. The van der Waals surface area contributed by atoms with Crippen molar-refractivity contribution in [3.8, 4) is 11.1 Å². The Morgan fingerprint density at radius 2 is 1.85 bits per heavy atom. The number of hydrogen-bond donors (Lipinski definition) is 2. The van der Waals surface area contributed by atoms with E-state index in [2.05, 4.69) is 20.4 Å². The number of carbonyl (C=O) groups is 1. The number of benzene rings is 2. The molecule has 0 bridgehead atoms. The Hall–Kier alpha value is -3.91. The van der Waals surface area contributed by atoms with Crippen molar-refractivity contribution < 1.29 is 14.1 Å². The number of rotatable bonds is 4. The second-order valence-corrected chi connectivity index (χ2v) is 8.56. The summed E-state index contributed by atoms with van der Waals surface area (Å²) in [6, 6.07) is 12.9. The molecular weight excluding hydrogens is 432 g/mol. The Kier molecular flexibility index (Phi) is 5.67. The molecule has 0 radical (unpaired) electrons. The van der Waals surface area contributed by atoms with Crippen molar-refractivity contribution in [3.63, 3.8) is 0 Å². The van der Waals surface area contributed by atoms with Crippen molar-refractivity contribution in [2.45, 2.75) is 20.8 Å². The smallest absolute Gasteiger partial charge is 0.257 e. The van der Waals surface area contributed by atoms with Crippen LogP contribution in [0.1, 0.15) is 27.4 Å². The van der Waals surface area contributed by atoms with E-state index >= 15 is 0 Å². The molecule has 1 fully saturated rings. The van der Waals surface area contributed by atoms with Crippen molar-refractivity contribution in [1.29, 1.82) is 0 Å². The number of H-pyrrole nitrogens is 1. The molecule has 0 atom stereocenters. The predicted molar refractivity (Wildman–Crippen MR) is 132 cm³/mol. The lowest BCUT2D eigenvalue weighted by Crippen LogP contribution is -2.37. The average molecular weight is 459 g/mol. The van der Waals surface area contributed by atoms with Crippen LogP contribution in [0.5, 0.6) is 0 Å². The van der Waals surface area contributed by atoms with Crippen molar-refractivity contribution in [2.75, 3.05) is 36.5 Å². The lowest BCUT2D eigenvalue weighted by Gasteiger charge is -2.30. The normalized spacial score (nSPS) is 13.9. The molecule has 8 nitrogen and oxygen atoms in total. The SMILES string of the molecule is Cc1noc(C)c1-c1ccc(N2CCOCC2)c(C(=O)Nc2ccc3[nH]c(=O)cc(C)c3c2)c1. The van der Waals surface area contributed by atoms with E-state index in [0.717, 1.165) is 39.0 Å². The van der Waals surface area contributed by atoms with E-state index in [4.69, 9.17) is 9.26 Å². The van der Waals surface area contributed by atoms with Crippen LogP contribution < -0.4 is 15.8 Å². The maximum absolute atomic E-state index is 13.6. The van der Waals surface area contributed by atoms with Crippen LogP contribution in [0.25, 0.3) is 22.0 Å². The highest BCUT2D eigenvalue weighted by atomic mass is 16.5. The number of fused-ring (bicyclic) bond motifs is 1. The Morgan fingerprint density at radius 1 is 1.06 bits per heavy atom. The number of amides is 1. The maximum atomic E-state index is 13.6. The number of nitrogens with one attached hydrogen (secondary N) is 2. The number of aromatic nitrogens is 2. The Bertz CT molecular complexity index is 1430. The number of pyridine rings is 1. The highest BCUT2D eigenvalue weighted by Gasteiger charge is 2.22. The van der Waals surface area contributed by atoms with Crippen LogP contribution in [0.15, 0.2) is 51.8 Å². The van der Waals surface area contributed by atoms with Gasteiger partial charge in [-0.15, -0.1) is 0 Å². The molecule has 8 heteroatoms. The molecule has 2 N–H and O–H groups in total. The monoisotopic (exact) mass is 458 g/mol. The molecule has 3 heterocycles. The van der Waals surface area contributed by atoms with Gasteiger partial charge in [-0.25, -0.2) is 0 Å². The molecular formula is C26H26N4O4. The van der Waals surface area contributed by atoms with E-state index < -0.39 is 0 Å². The zero-order valence-corrected chi connectivity index (χ0v) is 19.4. The van der Waals surface area contributed by atoms with E-state index in [-0.39, 0.29) is 11.5 Å². The number of aromatic amines is 1. The molecule has 0 spiro atoms. The molecule has 2 aromatic heterocycles. The van der Waals surface area contributed by atoms with Gasteiger partial charge in [0.1, 0.15) is 5.76 Å². The second kappa shape index (κ2) is 8.79. The fourth-order valence-corrected chi connectivity index (χ4v) is 4.55. The van der Waals surface area contributed by atoms with E-state index in [1.165, 1.54) is 0 Å². The number of nitrogens with zero attached hydrogens (tertiary/aromatic N) is 2. The van der Waals surface area contributed by atoms with Gasteiger partial charge in [0.2, 0.25) is 5.56 Å². The van der Waals surface area contributed by atoms with Crippen molar-refractivity contribution >= 4 is 28.2 Å². The third-order valence-electron chi connectivity index (χ3n) is 6.22. The van der Waals surface area contributed by atoms with Gasteiger partial charge < -0.3 is 24.5 Å². The Morgan fingerprint density at radius 3 is 2.59 bits per heavy atom. The van der Waals surface area contributed by atoms with E-state index in [0.29, 0.717) is 43.3 Å². The zero-order valence-electron chi connectivity index (χ0n) is 19.4. The molecule has 2 aromatic carbocycles. The van der Waals surface area contributed by atoms with Crippen LogP contribution in [-0.2, 0) is 4.74 Å². The predicted octanol–water partition coefficient (Wildman–Crippen LogP) is 4.20.